The fourth-order valence-electron chi connectivity index (χ4n) is 3.72. The average molecular weight is 417 g/mol. The number of carbonyl (C=O) groups is 1. The summed E-state index contributed by atoms with van der Waals surface area (Å²) in [7, 11) is -3.69. The zero-order chi connectivity index (χ0) is 20.8. The van der Waals surface area contributed by atoms with E-state index in [1.54, 1.807) is 31.2 Å². The van der Waals surface area contributed by atoms with Crippen LogP contribution in [0.1, 0.15) is 44.0 Å². The van der Waals surface area contributed by atoms with Crippen molar-refractivity contribution >= 4 is 21.8 Å². The van der Waals surface area contributed by atoms with Gasteiger partial charge in [-0.2, -0.15) is 13.4 Å². The van der Waals surface area contributed by atoms with Crippen LogP contribution in [0, 0.1) is 12.8 Å². The Bertz CT molecular complexity index is 1090. The van der Waals surface area contributed by atoms with E-state index in [9.17, 15) is 13.2 Å². The van der Waals surface area contributed by atoms with E-state index in [1.807, 2.05) is 18.7 Å². The van der Waals surface area contributed by atoms with Gasteiger partial charge in [-0.1, -0.05) is 17.3 Å². The molecule has 1 amide bonds. The maximum absolute atomic E-state index is 12.9. The number of aryl methyl sites for hydroxylation is 1. The van der Waals surface area contributed by atoms with Crippen LogP contribution in [-0.2, 0) is 20.4 Å². The van der Waals surface area contributed by atoms with Crippen LogP contribution >= 0.6 is 0 Å². The molecule has 154 valence electrons. The van der Waals surface area contributed by atoms with Gasteiger partial charge in [-0.25, -0.2) is 0 Å². The molecule has 1 N–H and O–H groups in total. The van der Waals surface area contributed by atoms with Gasteiger partial charge >= 0.3 is 0 Å². The number of aromatic nitrogens is 2. The summed E-state index contributed by atoms with van der Waals surface area (Å²) >= 11 is 0. The van der Waals surface area contributed by atoms with Crippen molar-refractivity contribution in [2.45, 2.75) is 44.0 Å². The number of hydrogen-bond acceptors (Lipinski definition) is 7. The number of amides is 1. The minimum absolute atomic E-state index is 0.128. The largest absolute Gasteiger partial charge is 0.355 e. The molecule has 1 unspecified atom stereocenters. The molecule has 29 heavy (non-hydrogen) atoms. The van der Waals surface area contributed by atoms with E-state index in [4.69, 9.17) is 4.52 Å². The summed E-state index contributed by atoms with van der Waals surface area (Å²) in [5.74, 6) is 0.846. The van der Waals surface area contributed by atoms with Gasteiger partial charge in [0.05, 0.1) is 11.5 Å². The highest BCUT2D eigenvalue weighted by Crippen LogP contribution is 2.30. The number of rotatable bonds is 3. The second-order valence-electron chi connectivity index (χ2n) is 7.92. The lowest BCUT2D eigenvalue weighted by molar-refractivity contribution is -0.128. The zero-order valence-corrected chi connectivity index (χ0v) is 17.4. The average Bonchev–Trinajstić information content (AvgIpc) is 3.24. The molecule has 0 spiro atoms. The van der Waals surface area contributed by atoms with Crippen molar-refractivity contribution in [3.05, 3.63) is 41.5 Å². The van der Waals surface area contributed by atoms with Gasteiger partial charge < -0.3 is 14.7 Å². The molecule has 1 atom stereocenters. The van der Waals surface area contributed by atoms with E-state index in [2.05, 4.69) is 19.9 Å². The van der Waals surface area contributed by atoms with E-state index in [0.717, 1.165) is 6.42 Å². The number of hydrogen-bond donors (Lipinski definition) is 1. The predicted octanol–water partition coefficient (Wildman–Crippen LogP) is 1.59. The van der Waals surface area contributed by atoms with Crippen LogP contribution in [0.25, 0.3) is 0 Å². The van der Waals surface area contributed by atoms with Crippen molar-refractivity contribution in [1.82, 2.24) is 20.4 Å². The molecule has 4 rings (SSSR count). The molecule has 1 aromatic heterocycles. The van der Waals surface area contributed by atoms with Crippen LogP contribution in [0.4, 0.5) is 0 Å². The second kappa shape index (κ2) is 6.94. The van der Waals surface area contributed by atoms with Gasteiger partial charge in [-0.15, -0.1) is 4.40 Å². The quantitative estimate of drug-likeness (QED) is 0.806. The fourth-order valence-corrected chi connectivity index (χ4v) is 4.95. The molecule has 0 radical (unpaired) electrons. The minimum atomic E-state index is -3.69. The number of amidine groups is 1. The lowest BCUT2D eigenvalue weighted by atomic mass is 9.94. The van der Waals surface area contributed by atoms with Crippen molar-refractivity contribution in [1.29, 1.82) is 0 Å². The number of sulfonamides is 1. The molecule has 2 aliphatic rings. The van der Waals surface area contributed by atoms with Gasteiger partial charge in [0, 0.05) is 25.6 Å². The lowest BCUT2D eigenvalue weighted by Gasteiger charge is -2.35. The Kier molecular flexibility index (Phi) is 4.68. The SMILES string of the molecule is Cc1nc(C(C)(C)NC(=O)C2CCCN(C3=NS(=O)(=O)c4ccccc43)C2)no1. The van der Waals surface area contributed by atoms with Crippen LogP contribution in [0.15, 0.2) is 38.1 Å². The van der Waals surface area contributed by atoms with Crippen molar-refractivity contribution in [2.24, 2.45) is 10.3 Å². The fraction of sp³-hybridized carbons (Fsp3) is 0.474. The molecule has 1 fully saturated rings. The number of nitrogens with one attached hydrogen (secondary N) is 1. The van der Waals surface area contributed by atoms with Crippen molar-refractivity contribution < 1.29 is 17.7 Å². The first-order valence-corrected chi connectivity index (χ1v) is 10.9. The molecule has 9 nitrogen and oxygen atoms in total. The van der Waals surface area contributed by atoms with Crippen LogP contribution in [0.3, 0.4) is 0 Å². The maximum atomic E-state index is 12.9. The summed E-state index contributed by atoms with van der Waals surface area (Å²) in [6.45, 7) is 6.39. The van der Waals surface area contributed by atoms with Crippen LogP contribution in [-0.4, -0.2) is 48.3 Å². The van der Waals surface area contributed by atoms with E-state index >= 15 is 0 Å². The van der Waals surface area contributed by atoms with E-state index in [0.29, 0.717) is 42.6 Å². The molecule has 0 bridgehead atoms. The standard InChI is InChI=1S/C19H23N5O4S/c1-12-20-18(22-28-12)19(2,3)21-17(25)13-7-6-10-24(11-13)16-14-8-4-5-9-15(14)29(26,27)23-16/h4-5,8-9,13H,6-7,10-11H2,1-3H3,(H,21,25). The number of fused-ring (bicyclic) bond motifs is 1. The van der Waals surface area contributed by atoms with E-state index in [-0.39, 0.29) is 16.7 Å². The summed E-state index contributed by atoms with van der Waals surface area (Å²) in [6, 6.07) is 6.79. The van der Waals surface area contributed by atoms with Crippen LogP contribution in [0.5, 0.6) is 0 Å². The number of piperidine rings is 1. The van der Waals surface area contributed by atoms with Crippen molar-refractivity contribution in [3.8, 4) is 0 Å². The summed E-state index contributed by atoms with van der Waals surface area (Å²) in [4.78, 5) is 19.3. The second-order valence-corrected chi connectivity index (χ2v) is 9.50. The third kappa shape index (κ3) is 3.64. The van der Waals surface area contributed by atoms with Gasteiger partial charge in [0.1, 0.15) is 4.90 Å². The molecule has 3 heterocycles. The Morgan fingerprint density at radius 2 is 2.07 bits per heavy atom. The van der Waals surface area contributed by atoms with Crippen molar-refractivity contribution in [2.75, 3.05) is 13.1 Å². The highest BCUT2D eigenvalue weighted by atomic mass is 32.2. The molecular formula is C19H23N5O4S. The Balaban J connectivity index is 1.51. The van der Waals surface area contributed by atoms with Crippen LogP contribution in [0.2, 0.25) is 0 Å². The first kappa shape index (κ1) is 19.6. The molecule has 1 aromatic carbocycles. The third-order valence-corrected chi connectivity index (χ3v) is 6.55. The normalized spacial score (nSPS) is 20.9. The molecular weight excluding hydrogens is 394 g/mol. The summed E-state index contributed by atoms with van der Waals surface area (Å²) < 4.78 is 33.7. The lowest BCUT2D eigenvalue weighted by Crippen LogP contribution is -2.50. The monoisotopic (exact) mass is 417 g/mol. The number of nitrogens with zero attached hydrogens (tertiary/aromatic N) is 4. The number of benzene rings is 1. The van der Waals surface area contributed by atoms with Gasteiger partial charge in [0.15, 0.2) is 11.7 Å². The highest BCUT2D eigenvalue weighted by Gasteiger charge is 2.37. The van der Waals surface area contributed by atoms with Crippen LogP contribution < -0.4 is 5.32 Å². The minimum Gasteiger partial charge on any atom is -0.355 e. The molecule has 0 aliphatic carbocycles. The Labute approximate surface area is 169 Å². The zero-order valence-electron chi connectivity index (χ0n) is 16.5. The van der Waals surface area contributed by atoms with Gasteiger partial charge in [-0.05, 0) is 38.8 Å². The number of carbonyl (C=O) groups excluding carboxylic acids is 1. The van der Waals surface area contributed by atoms with Gasteiger partial charge in [0.25, 0.3) is 10.0 Å². The molecule has 0 saturated carbocycles. The topological polar surface area (TPSA) is 118 Å². The molecule has 10 heteroatoms. The van der Waals surface area contributed by atoms with Crippen molar-refractivity contribution in [3.63, 3.8) is 0 Å². The van der Waals surface area contributed by atoms with Gasteiger partial charge in [0.2, 0.25) is 11.8 Å². The van der Waals surface area contributed by atoms with E-state index in [1.165, 1.54) is 0 Å². The summed E-state index contributed by atoms with van der Waals surface area (Å²) in [5.41, 5.74) is -0.186. The smallest absolute Gasteiger partial charge is 0.285 e. The predicted molar refractivity (Wildman–Crippen MR) is 105 cm³/mol. The summed E-state index contributed by atoms with van der Waals surface area (Å²) in [6.07, 6.45) is 1.48. The Morgan fingerprint density at radius 1 is 1.31 bits per heavy atom. The first-order valence-electron chi connectivity index (χ1n) is 9.49. The number of likely N-dealkylation sites (tertiary alicyclic amines) is 1. The first-order chi connectivity index (χ1) is 13.7. The Hall–Kier alpha value is -2.75. The maximum Gasteiger partial charge on any atom is 0.285 e. The highest BCUT2D eigenvalue weighted by molar-refractivity contribution is 7.90. The molecule has 2 aliphatic heterocycles. The summed E-state index contributed by atoms with van der Waals surface area (Å²) in [5, 5.41) is 6.90. The van der Waals surface area contributed by atoms with E-state index < -0.39 is 15.6 Å². The van der Waals surface area contributed by atoms with Gasteiger partial charge in [-0.3, -0.25) is 4.79 Å². The third-order valence-electron chi connectivity index (χ3n) is 5.23. The Morgan fingerprint density at radius 3 is 2.79 bits per heavy atom. The molecule has 1 saturated heterocycles. The molecule has 2 aromatic rings.